The SMILES string of the molecule is Fc1ccc(N2CCN(C3CN(c4nccs4)C3)CC2)cc1. The van der Waals surface area contributed by atoms with Gasteiger partial charge in [0, 0.05) is 62.6 Å². The van der Waals surface area contributed by atoms with E-state index in [1.165, 1.54) is 0 Å². The summed E-state index contributed by atoms with van der Waals surface area (Å²) in [7, 11) is 0. The molecule has 22 heavy (non-hydrogen) atoms. The van der Waals surface area contributed by atoms with E-state index in [0.29, 0.717) is 6.04 Å². The number of thiazole rings is 1. The van der Waals surface area contributed by atoms with Crippen molar-refractivity contribution in [3.8, 4) is 0 Å². The number of hydrogen-bond acceptors (Lipinski definition) is 5. The van der Waals surface area contributed by atoms with E-state index in [2.05, 4.69) is 19.7 Å². The van der Waals surface area contributed by atoms with Gasteiger partial charge in [0.15, 0.2) is 5.13 Å². The second-order valence-corrected chi connectivity index (χ2v) is 6.75. The van der Waals surface area contributed by atoms with Crippen LogP contribution in [0.1, 0.15) is 0 Å². The fraction of sp³-hybridized carbons (Fsp3) is 0.438. The van der Waals surface area contributed by atoms with Crippen molar-refractivity contribution in [2.75, 3.05) is 49.1 Å². The fourth-order valence-corrected chi connectivity index (χ4v) is 3.88. The van der Waals surface area contributed by atoms with Crippen LogP contribution in [-0.4, -0.2) is 55.2 Å². The van der Waals surface area contributed by atoms with Gasteiger partial charge in [-0.2, -0.15) is 0 Å². The fourth-order valence-electron chi connectivity index (χ4n) is 3.21. The van der Waals surface area contributed by atoms with E-state index in [1.54, 1.807) is 23.5 Å². The smallest absolute Gasteiger partial charge is 0.185 e. The van der Waals surface area contributed by atoms with Crippen molar-refractivity contribution in [1.82, 2.24) is 9.88 Å². The van der Waals surface area contributed by atoms with Crippen LogP contribution in [0.4, 0.5) is 15.2 Å². The van der Waals surface area contributed by atoms with Crippen molar-refractivity contribution >= 4 is 22.2 Å². The molecule has 1 aromatic heterocycles. The Kier molecular flexibility index (Phi) is 3.72. The third kappa shape index (κ3) is 2.68. The van der Waals surface area contributed by atoms with Crippen molar-refractivity contribution in [3.05, 3.63) is 41.7 Å². The van der Waals surface area contributed by atoms with Crippen LogP contribution in [0.5, 0.6) is 0 Å². The molecule has 0 bridgehead atoms. The maximum absolute atomic E-state index is 13.0. The molecule has 2 aliphatic heterocycles. The van der Waals surface area contributed by atoms with E-state index in [-0.39, 0.29) is 5.82 Å². The van der Waals surface area contributed by atoms with Crippen LogP contribution < -0.4 is 9.80 Å². The van der Waals surface area contributed by atoms with E-state index in [1.807, 2.05) is 23.7 Å². The lowest BCUT2D eigenvalue weighted by Gasteiger charge is -2.48. The Morgan fingerprint density at radius 2 is 1.73 bits per heavy atom. The zero-order chi connectivity index (χ0) is 14.9. The lowest BCUT2D eigenvalue weighted by atomic mass is 10.1. The molecule has 4 nitrogen and oxygen atoms in total. The first kappa shape index (κ1) is 14.0. The third-order valence-electron chi connectivity index (χ3n) is 4.57. The Labute approximate surface area is 133 Å². The first-order valence-electron chi connectivity index (χ1n) is 7.68. The predicted octanol–water partition coefficient (Wildman–Crippen LogP) is 2.29. The van der Waals surface area contributed by atoms with Crippen LogP contribution >= 0.6 is 11.3 Å². The molecule has 0 amide bonds. The summed E-state index contributed by atoms with van der Waals surface area (Å²) in [4.78, 5) is 11.6. The highest BCUT2D eigenvalue weighted by Crippen LogP contribution is 2.26. The Morgan fingerprint density at radius 1 is 1.00 bits per heavy atom. The van der Waals surface area contributed by atoms with Gasteiger partial charge >= 0.3 is 0 Å². The zero-order valence-corrected chi connectivity index (χ0v) is 13.2. The summed E-state index contributed by atoms with van der Waals surface area (Å²) in [5.74, 6) is -0.167. The van der Waals surface area contributed by atoms with Gasteiger partial charge in [-0.05, 0) is 24.3 Å². The monoisotopic (exact) mass is 318 g/mol. The first-order valence-corrected chi connectivity index (χ1v) is 8.56. The third-order valence-corrected chi connectivity index (χ3v) is 5.41. The zero-order valence-electron chi connectivity index (χ0n) is 12.4. The molecule has 3 heterocycles. The van der Waals surface area contributed by atoms with Crippen molar-refractivity contribution in [3.63, 3.8) is 0 Å². The van der Waals surface area contributed by atoms with Crippen LogP contribution in [0.2, 0.25) is 0 Å². The number of halogens is 1. The van der Waals surface area contributed by atoms with Crippen LogP contribution in [-0.2, 0) is 0 Å². The largest absolute Gasteiger partial charge is 0.369 e. The molecule has 0 spiro atoms. The maximum Gasteiger partial charge on any atom is 0.185 e. The standard InChI is InChI=1S/C16H19FN4S/c17-13-1-3-14(4-2-13)19-6-8-20(9-7-19)15-11-21(12-15)16-18-5-10-22-16/h1-5,10,15H,6-9,11-12H2. The number of anilines is 2. The number of benzene rings is 1. The quantitative estimate of drug-likeness (QED) is 0.866. The molecule has 0 N–H and O–H groups in total. The predicted molar refractivity (Wildman–Crippen MR) is 88.3 cm³/mol. The van der Waals surface area contributed by atoms with Crippen LogP contribution in [0.25, 0.3) is 0 Å². The molecule has 0 radical (unpaired) electrons. The molecule has 1 aromatic carbocycles. The number of piperazine rings is 1. The normalized spacial score (nSPS) is 20.2. The minimum absolute atomic E-state index is 0.167. The van der Waals surface area contributed by atoms with Gasteiger partial charge in [-0.25, -0.2) is 9.37 Å². The lowest BCUT2D eigenvalue weighted by molar-refractivity contribution is 0.157. The van der Waals surface area contributed by atoms with Crippen LogP contribution in [0.3, 0.4) is 0 Å². The lowest BCUT2D eigenvalue weighted by Crippen LogP contribution is -2.63. The van der Waals surface area contributed by atoms with E-state index in [4.69, 9.17) is 0 Å². The summed E-state index contributed by atoms with van der Waals surface area (Å²) >= 11 is 1.71. The minimum Gasteiger partial charge on any atom is -0.369 e. The van der Waals surface area contributed by atoms with Crippen LogP contribution in [0, 0.1) is 5.82 Å². The van der Waals surface area contributed by atoms with Gasteiger partial charge in [0.05, 0.1) is 0 Å². The van der Waals surface area contributed by atoms with E-state index in [0.717, 1.165) is 50.1 Å². The maximum atomic E-state index is 13.0. The average molecular weight is 318 g/mol. The van der Waals surface area contributed by atoms with Gasteiger partial charge in [0.1, 0.15) is 5.82 Å². The number of hydrogen-bond donors (Lipinski definition) is 0. The van der Waals surface area contributed by atoms with Gasteiger partial charge in [0.2, 0.25) is 0 Å². The molecule has 2 aliphatic rings. The van der Waals surface area contributed by atoms with Gasteiger partial charge in [-0.15, -0.1) is 11.3 Å². The van der Waals surface area contributed by atoms with Gasteiger partial charge in [-0.1, -0.05) is 0 Å². The van der Waals surface area contributed by atoms with Crippen molar-refractivity contribution in [2.24, 2.45) is 0 Å². The molecule has 0 saturated carbocycles. The molecule has 2 saturated heterocycles. The van der Waals surface area contributed by atoms with E-state index < -0.39 is 0 Å². The summed E-state index contributed by atoms with van der Waals surface area (Å²) in [5.41, 5.74) is 1.12. The van der Waals surface area contributed by atoms with Crippen molar-refractivity contribution in [2.45, 2.75) is 6.04 Å². The summed E-state index contributed by atoms with van der Waals surface area (Å²) in [6, 6.07) is 7.48. The second kappa shape index (κ2) is 5.85. The molecule has 0 unspecified atom stereocenters. The average Bonchev–Trinajstić information content (AvgIpc) is 3.01. The van der Waals surface area contributed by atoms with E-state index in [9.17, 15) is 4.39 Å². The topological polar surface area (TPSA) is 22.6 Å². The van der Waals surface area contributed by atoms with E-state index >= 15 is 0 Å². The van der Waals surface area contributed by atoms with Gasteiger partial charge in [0.25, 0.3) is 0 Å². The highest BCUT2D eigenvalue weighted by molar-refractivity contribution is 7.13. The van der Waals surface area contributed by atoms with Crippen molar-refractivity contribution < 1.29 is 4.39 Å². The van der Waals surface area contributed by atoms with Gasteiger partial charge < -0.3 is 9.80 Å². The Hall–Kier alpha value is -1.66. The Bertz CT molecular complexity index is 602. The summed E-state index contributed by atoms with van der Waals surface area (Å²) in [6.45, 7) is 6.36. The Balaban J connectivity index is 1.29. The number of nitrogens with zero attached hydrogens (tertiary/aromatic N) is 4. The molecule has 2 fully saturated rings. The molecular weight excluding hydrogens is 299 g/mol. The molecule has 4 rings (SSSR count). The number of aromatic nitrogens is 1. The molecule has 2 aromatic rings. The first-order chi connectivity index (χ1) is 10.8. The van der Waals surface area contributed by atoms with Crippen molar-refractivity contribution in [1.29, 1.82) is 0 Å². The summed E-state index contributed by atoms with van der Waals surface area (Å²) in [6.07, 6.45) is 1.87. The molecule has 6 heteroatoms. The Morgan fingerprint density at radius 3 is 2.36 bits per heavy atom. The highest BCUT2D eigenvalue weighted by atomic mass is 32.1. The number of rotatable bonds is 3. The molecular formula is C16H19FN4S. The summed E-state index contributed by atoms with van der Waals surface area (Å²) < 4.78 is 13.0. The minimum atomic E-state index is -0.167. The molecule has 0 aliphatic carbocycles. The highest BCUT2D eigenvalue weighted by Gasteiger charge is 2.34. The molecule has 116 valence electrons. The second-order valence-electron chi connectivity index (χ2n) is 5.87. The molecule has 0 atom stereocenters. The summed E-state index contributed by atoms with van der Waals surface area (Å²) in [5, 5.41) is 3.17. The van der Waals surface area contributed by atoms with Crippen LogP contribution in [0.15, 0.2) is 35.8 Å². The van der Waals surface area contributed by atoms with Gasteiger partial charge in [-0.3, -0.25) is 4.90 Å².